The molecular weight excluding hydrogens is 264 g/mol. The third-order valence-corrected chi connectivity index (χ3v) is 3.28. The molecular formula is C17H26N2O2. The smallest absolute Gasteiger partial charge is 0.239 e. The predicted molar refractivity (Wildman–Crippen MR) is 84.7 cm³/mol. The Balaban J connectivity index is 2.54. The number of rotatable bonds is 7. The number of aryl methyl sites for hydroxylation is 1. The van der Waals surface area contributed by atoms with Gasteiger partial charge in [-0.25, -0.2) is 0 Å². The maximum atomic E-state index is 11.9. The predicted octanol–water partition coefficient (Wildman–Crippen LogP) is 2.51. The summed E-state index contributed by atoms with van der Waals surface area (Å²) in [5, 5.41) is 2.86. The van der Waals surface area contributed by atoms with Crippen LogP contribution in [0.4, 0.5) is 0 Å². The van der Waals surface area contributed by atoms with Gasteiger partial charge in [-0.1, -0.05) is 43.7 Å². The first-order valence-corrected chi connectivity index (χ1v) is 7.46. The van der Waals surface area contributed by atoms with Crippen molar-refractivity contribution < 1.29 is 9.59 Å². The summed E-state index contributed by atoms with van der Waals surface area (Å²) in [5.74, 6) is 0.371. The van der Waals surface area contributed by atoms with Gasteiger partial charge in [-0.05, 0) is 24.8 Å². The van der Waals surface area contributed by atoms with Crippen molar-refractivity contribution in [2.24, 2.45) is 5.92 Å². The van der Waals surface area contributed by atoms with Crippen LogP contribution in [0.15, 0.2) is 24.3 Å². The van der Waals surface area contributed by atoms with Gasteiger partial charge in [0.05, 0.1) is 6.54 Å². The summed E-state index contributed by atoms with van der Waals surface area (Å²) in [5.41, 5.74) is 2.19. The first kappa shape index (κ1) is 17.2. The third kappa shape index (κ3) is 6.93. The van der Waals surface area contributed by atoms with Crippen LogP contribution in [-0.2, 0) is 16.1 Å². The fourth-order valence-electron chi connectivity index (χ4n) is 2.04. The van der Waals surface area contributed by atoms with E-state index >= 15 is 0 Å². The molecule has 2 amide bonds. The van der Waals surface area contributed by atoms with Crippen LogP contribution in [0.3, 0.4) is 0 Å². The monoisotopic (exact) mass is 290 g/mol. The van der Waals surface area contributed by atoms with Gasteiger partial charge in [0, 0.05) is 20.0 Å². The molecule has 0 saturated carbocycles. The van der Waals surface area contributed by atoms with E-state index in [-0.39, 0.29) is 18.4 Å². The van der Waals surface area contributed by atoms with Crippen LogP contribution < -0.4 is 5.32 Å². The molecule has 1 N–H and O–H groups in total. The number of nitrogens with one attached hydrogen (secondary N) is 1. The van der Waals surface area contributed by atoms with E-state index in [2.05, 4.69) is 19.2 Å². The van der Waals surface area contributed by atoms with Crippen molar-refractivity contribution in [3.8, 4) is 0 Å². The molecule has 0 fully saturated rings. The number of carbonyl (C=O) groups excluding carboxylic acids is 2. The number of nitrogens with zero attached hydrogens (tertiary/aromatic N) is 1. The minimum absolute atomic E-state index is 0.0875. The highest BCUT2D eigenvalue weighted by atomic mass is 16.2. The van der Waals surface area contributed by atoms with Gasteiger partial charge in [-0.3, -0.25) is 9.59 Å². The van der Waals surface area contributed by atoms with Crippen molar-refractivity contribution in [3.63, 3.8) is 0 Å². The van der Waals surface area contributed by atoms with Crippen LogP contribution in [0.5, 0.6) is 0 Å². The van der Waals surface area contributed by atoms with Gasteiger partial charge in [0.15, 0.2) is 0 Å². The minimum atomic E-state index is -0.0986. The minimum Gasteiger partial charge on any atom is -0.355 e. The van der Waals surface area contributed by atoms with Crippen LogP contribution >= 0.6 is 0 Å². The lowest BCUT2D eigenvalue weighted by Gasteiger charge is -2.21. The molecule has 0 bridgehead atoms. The van der Waals surface area contributed by atoms with Gasteiger partial charge in [0.1, 0.15) is 0 Å². The Morgan fingerprint density at radius 1 is 1.29 bits per heavy atom. The van der Waals surface area contributed by atoms with E-state index in [1.807, 2.05) is 31.2 Å². The van der Waals surface area contributed by atoms with Gasteiger partial charge in [0.2, 0.25) is 11.8 Å². The average molecular weight is 290 g/mol. The SMILES string of the molecule is CC(=O)N(CC(=O)NCCC(C)C)Cc1cccc(C)c1. The normalized spacial score (nSPS) is 10.5. The summed E-state index contributed by atoms with van der Waals surface area (Å²) in [6.07, 6.45) is 0.948. The standard InChI is InChI=1S/C17H26N2O2/c1-13(2)8-9-18-17(21)12-19(15(4)20)11-16-7-5-6-14(3)10-16/h5-7,10,13H,8-9,11-12H2,1-4H3,(H,18,21). The van der Waals surface area contributed by atoms with Crippen molar-refractivity contribution in [2.45, 2.75) is 40.7 Å². The molecule has 0 heterocycles. The molecule has 0 aliphatic rings. The maximum absolute atomic E-state index is 11.9. The van der Waals surface area contributed by atoms with Gasteiger partial charge >= 0.3 is 0 Å². The van der Waals surface area contributed by atoms with E-state index in [9.17, 15) is 9.59 Å². The molecule has 1 aromatic rings. The summed E-state index contributed by atoms with van der Waals surface area (Å²) in [7, 11) is 0. The topological polar surface area (TPSA) is 49.4 Å². The lowest BCUT2D eigenvalue weighted by Crippen LogP contribution is -2.39. The summed E-state index contributed by atoms with van der Waals surface area (Å²) in [6.45, 7) is 8.98. The summed E-state index contributed by atoms with van der Waals surface area (Å²) >= 11 is 0. The Bertz CT molecular complexity index is 483. The number of hydrogen-bond acceptors (Lipinski definition) is 2. The third-order valence-electron chi connectivity index (χ3n) is 3.28. The van der Waals surface area contributed by atoms with Crippen molar-refractivity contribution in [1.29, 1.82) is 0 Å². The van der Waals surface area contributed by atoms with E-state index in [1.54, 1.807) is 4.90 Å². The molecule has 1 rings (SSSR count). The van der Waals surface area contributed by atoms with Crippen LogP contribution in [-0.4, -0.2) is 29.8 Å². The Morgan fingerprint density at radius 3 is 2.57 bits per heavy atom. The fourth-order valence-corrected chi connectivity index (χ4v) is 2.04. The summed E-state index contributed by atoms with van der Waals surface area (Å²) in [6, 6.07) is 7.98. The number of benzene rings is 1. The molecule has 0 aromatic heterocycles. The Morgan fingerprint density at radius 2 is 2.00 bits per heavy atom. The average Bonchev–Trinajstić information content (AvgIpc) is 2.37. The summed E-state index contributed by atoms with van der Waals surface area (Å²) in [4.78, 5) is 25.2. The second-order valence-electron chi connectivity index (χ2n) is 5.90. The molecule has 1 aromatic carbocycles. The fraction of sp³-hybridized carbons (Fsp3) is 0.529. The van der Waals surface area contributed by atoms with Gasteiger partial charge in [0.25, 0.3) is 0 Å². The zero-order valence-corrected chi connectivity index (χ0v) is 13.5. The first-order valence-electron chi connectivity index (χ1n) is 7.46. The number of carbonyl (C=O) groups is 2. The van der Waals surface area contributed by atoms with E-state index < -0.39 is 0 Å². The van der Waals surface area contributed by atoms with Crippen molar-refractivity contribution >= 4 is 11.8 Å². The lowest BCUT2D eigenvalue weighted by atomic mass is 10.1. The van der Waals surface area contributed by atoms with E-state index in [0.717, 1.165) is 17.5 Å². The lowest BCUT2D eigenvalue weighted by molar-refractivity contribution is -0.134. The van der Waals surface area contributed by atoms with E-state index in [1.165, 1.54) is 6.92 Å². The highest BCUT2D eigenvalue weighted by Crippen LogP contribution is 2.08. The number of amides is 2. The summed E-state index contributed by atoms with van der Waals surface area (Å²) < 4.78 is 0. The maximum Gasteiger partial charge on any atom is 0.239 e. The van der Waals surface area contributed by atoms with E-state index in [4.69, 9.17) is 0 Å². The molecule has 4 nitrogen and oxygen atoms in total. The second kappa shape index (κ2) is 8.45. The first-order chi connectivity index (χ1) is 9.88. The Hall–Kier alpha value is -1.84. The molecule has 116 valence electrons. The van der Waals surface area contributed by atoms with Crippen molar-refractivity contribution in [2.75, 3.05) is 13.1 Å². The molecule has 21 heavy (non-hydrogen) atoms. The Kier molecular flexibility index (Phi) is 6.92. The van der Waals surface area contributed by atoms with Gasteiger partial charge < -0.3 is 10.2 Å². The second-order valence-corrected chi connectivity index (χ2v) is 5.90. The van der Waals surface area contributed by atoms with Crippen LogP contribution in [0, 0.1) is 12.8 Å². The van der Waals surface area contributed by atoms with E-state index in [0.29, 0.717) is 19.0 Å². The molecule has 0 atom stereocenters. The van der Waals surface area contributed by atoms with Crippen LogP contribution in [0.1, 0.15) is 38.3 Å². The zero-order valence-electron chi connectivity index (χ0n) is 13.5. The molecule has 0 aliphatic heterocycles. The molecule has 4 heteroatoms. The van der Waals surface area contributed by atoms with Crippen LogP contribution in [0.25, 0.3) is 0 Å². The highest BCUT2D eigenvalue weighted by Gasteiger charge is 2.14. The highest BCUT2D eigenvalue weighted by molar-refractivity contribution is 5.83. The molecule has 0 aliphatic carbocycles. The van der Waals surface area contributed by atoms with Gasteiger partial charge in [-0.15, -0.1) is 0 Å². The molecule has 0 spiro atoms. The largest absolute Gasteiger partial charge is 0.355 e. The van der Waals surface area contributed by atoms with Crippen LogP contribution in [0.2, 0.25) is 0 Å². The van der Waals surface area contributed by atoms with Crippen molar-refractivity contribution in [3.05, 3.63) is 35.4 Å². The quantitative estimate of drug-likeness (QED) is 0.839. The number of hydrogen-bond donors (Lipinski definition) is 1. The Labute approximate surface area is 127 Å². The van der Waals surface area contributed by atoms with Gasteiger partial charge in [-0.2, -0.15) is 0 Å². The molecule has 0 radical (unpaired) electrons. The molecule has 0 unspecified atom stereocenters. The zero-order chi connectivity index (χ0) is 15.8. The van der Waals surface area contributed by atoms with Crippen molar-refractivity contribution in [1.82, 2.24) is 10.2 Å². The molecule has 0 saturated heterocycles.